The van der Waals surface area contributed by atoms with E-state index in [4.69, 9.17) is 10.9 Å². The fraction of sp³-hybridized carbons (Fsp3) is 0.667. The van der Waals surface area contributed by atoms with Crippen molar-refractivity contribution in [2.75, 3.05) is 35.4 Å². The lowest BCUT2D eigenvalue weighted by Crippen LogP contribution is -2.14. The van der Waals surface area contributed by atoms with Crippen LogP contribution in [-0.4, -0.2) is 39.7 Å². The molecule has 108 valence electrons. The predicted octanol–water partition coefficient (Wildman–Crippen LogP) is 1.41. The van der Waals surface area contributed by atoms with Crippen molar-refractivity contribution in [3.63, 3.8) is 0 Å². The number of aliphatic hydroxyl groups excluding tert-OH is 1. The quantitative estimate of drug-likeness (QED) is 0.309. The van der Waals surface area contributed by atoms with E-state index < -0.39 is 0 Å². The van der Waals surface area contributed by atoms with Crippen LogP contribution in [-0.2, 0) is 0 Å². The first-order valence-corrected chi connectivity index (χ1v) is 7.61. The zero-order valence-electron chi connectivity index (χ0n) is 11.5. The zero-order valence-corrected chi connectivity index (χ0v) is 12.3. The number of nitrogens with zero attached hydrogens (tertiary/aromatic N) is 2. The highest BCUT2D eigenvalue weighted by atomic mass is 32.2. The van der Waals surface area contributed by atoms with Crippen molar-refractivity contribution in [2.24, 2.45) is 5.84 Å². The van der Waals surface area contributed by atoms with Gasteiger partial charge in [0.1, 0.15) is 17.5 Å². The second kappa shape index (κ2) is 8.95. The van der Waals surface area contributed by atoms with Crippen LogP contribution in [0.1, 0.15) is 32.0 Å². The minimum atomic E-state index is 0.257. The lowest BCUT2D eigenvalue weighted by Gasteiger charge is -2.11. The summed E-state index contributed by atoms with van der Waals surface area (Å²) in [5, 5.41) is 11.9. The third kappa shape index (κ3) is 6.09. The molecule has 1 aromatic rings. The molecule has 0 aliphatic heterocycles. The van der Waals surface area contributed by atoms with Gasteiger partial charge in [0.25, 0.3) is 0 Å². The maximum absolute atomic E-state index is 8.68. The molecule has 7 heteroatoms. The molecule has 0 aliphatic rings. The Hall–Kier alpha value is -1.05. The third-order valence-electron chi connectivity index (χ3n) is 2.41. The number of hydrazine groups is 1. The summed E-state index contributed by atoms with van der Waals surface area (Å²) in [6.45, 7) is 5.18. The number of hydrogen-bond acceptors (Lipinski definition) is 7. The zero-order chi connectivity index (χ0) is 14.1. The number of aromatic nitrogens is 2. The number of aliphatic hydroxyl groups is 1. The molecule has 0 radical (unpaired) electrons. The second-order valence-corrected chi connectivity index (χ2v) is 5.64. The third-order valence-corrected chi connectivity index (χ3v) is 3.48. The highest BCUT2D eigenvalue weighted by molar-refractivity contribution is 7.99. The molecule has 0 fully saturated rings. The summed E-state index contributed by atoms with van der Waals surface area (Å²) < 4.78 is 0. The van der Waals surface area contributed by atoms with Crippen LogP contribution in [0.5, 0.6) is 0 Å². The van der Waals surface area contributed by atoms with E-state index >= 15 is 0 Å². The van der Waals surface area contributed by atoms with Gasteiger partial charge in [-0.1, -0.05) is 13.8 Å². The van der Waals surface area contributed by atoms with Crippen molar-refractivity contribution >= 4 is 23.4 Å². The van der Waals surface area contributed by atoms with Crippen LogP contribution in [0.25, 0.3) is 0 Å². The molecule has 0 amide bonds. The van der Waals surface area contributed by atoms with Crippen LogP contribution in [0.2, 0.25) is 0 Å². The molecule has 0 spiro atoms. The normalized spacial score (nSPS) is 10.8. The number of rotatable bonds is 9. The molecular weight excluding hydrogens is 262 g/mol. The van der Waals surface area contributed by atoms with E-state index in [-0.39, 0.29) is 12.5 Å². The van der Waals surface area contributed by atoms with E-state index in [0.29, 0.717) is 5.82 Å². The summed E-state index contributed by atoms with van der Waals surface area (Å²) in [7, 11) is 0. The van der Waals surface area contributed by atoms with Gasteiger partial charge in [0.2, 0.25) is 0 Å². The number of anilines is 2. The summed E-state index contributed by atoms with van der Waals surface area (Å²) in [5.74, 6) is 9.79. The van der Waals surface area contributed by atoms with E-state index in [1.54, 1.807) is 6.07 Å². The molecule has 6 nitrogen and oxygen atoms in total. The van der Waals surface area contributed by atoms with E-state index in [1.807, 2.05) is 25.6 Å². The summed E-state index contributed by atoms with van der Waals surface area (Å²) in [4.78, 5) is 8.75. The molecule has 0 aromatic carbocycles. The van der Waals surface area contributed by atoms with E-state index in [2.05, 4.69) is 20.7 Å². The monoisotopic (exact) mass is 285 g/mol. The first kappa shape index (κ1) is 16.0. The van der Waals surface area contributed by atoms with Gasteiger partial charge >= 0.3 is 0 Å². The largest absolute Gasteiger partial charge is 0.396 e. The van der Waals surface area contributed by atoms with E-state index in [0.717, 1.165) is 36.1 Å². The first-order valence-electron chi connectivity index (χ1n) is 6.45. The van der Waals surface area contributed by atoms with Crippen LogP contribution in [0.4, 0.5) is 11.6 Å². The average Bonchev–Trinajstić information content (AvgIpc) is 2.42. The number of nitrogen functional groups attached to an aromatic ring is 1. The van der Waals surface area contributed by atoms with Crippen LogP contribution in [0, 0.1) is 0 Å². The molecule has 0 saturated carbocycles. The Labute approximate surface area is 118 Å². The van der Waals surface area contributed by atoms with Crippen molar-refractivity contribution in [1.29, 1.82) is 0 Å². The van der Waals surface area contributed by atoms with Crippen molar-refractivity contribution < 1.29 is 5.11 Å². The van der Waals surface area contributed by atoms with Crippen LogP contribution < -0.4 is 16.6 Å². The Balaban J connectivity index is 2.46. The molecule has 0 atom stereocenters. The second-order valence-electron chi connectivity index (χ2n) is 4.41. The van der Waals surface area contributed by atoms with E-state index in [1.165, 1.54) is 0 Å². The molecular formula is C12H23N5OS. The van der Waals surface area contributed by atoms with Gasteiger partial charge < -0.3 is 15.8 Å². The first-order chi connectivity index (χ1) is 9.17. The van der Waals surface area contributed by atoms with Gasteiger partial charge in [0, 0.05) is 30.9 Å². The van der Waals surface area contributed by atoms with Gasteiger partial charge in [-0.3, -0.25) is 0 Å². The highest BCUT2D eigenvalue weighted by Gasteiger charge is 2.07. The van der Waals surface area contributed by atoms with Gasteiger partial charge in [0.15, 0.2) is 0 Å². The van der Waals surface area contributed by atoms with Gasteiger partial charge in [-0.2, -0.15) is 11.8 Å². The van der Waals surface area contributed by atoms with Crippen LogP contribution in [0.15, 0.2) is 6.07 Å². The van der Waals surface area contributed by atoms with Crippen molar-refractivity contribution in [3.8, 4) is 0 Å². The SMILES string of the molecule is CC(C)c1nc(NN)cc(NCCSCCCO)n1. The molecule has 0 saturated heterocycles. The molecule has 0 bridgehead atoms. The molecule has 19 heavy (non-hydrogen) atoms. The Morgan fingerprint density at radius 3 is 2.68 bits per heavy atom. The van der Waals surface area contributed by atoms with Crippen molar-refractivity contribution in [3.05, 3.63) is 11.9 Å². The number of thioether (sulfide) groups is 1. The van der Waals surface area contributed by atoms with Gasteiger partial charge in [-0.15, -0.1) is 0 Å². The van der Waals surface area contributed by atoms with Crippen LogP contribution >= 0.6 is 11.8 Å². The smallest absolute Gasteiger partial charge is 0.145 e. The molecule has 0 aliphatic carbocycles. The predicted molar refractivity (Wildman–Crippen MR) is 81.4 cm³/mol. The maximum atomic E-state index is 8.68. The Morgan fingerprint density at radius 2 is 2.05 bits per heavy atom. The maximum Gasteiger partial charge on any atom is 0.145 e. The Morgan fingerprint density at radius 1 is 1.32 bits per heavy atom. The summed E-state index contributed by atoms with van der Waals surface area (Å²) in [6, 6.07) is 1.80. The highest BCUT2D eigenvalue weighted by Crippen LogP contribution is 2.16. The number of nitrogens with two attached hydrogens (primary N) is 1. The molecule has 1 aromatic heterocycles. The lowest BCUT2D eigenvalue weighted by molar-refractivity contribution is 0.296. The Bertz CT molecular complexity index is 375. The van der Waals surface area contributed by atoms with Crippen LogP contribution in [0.3, 0.4) is 0 Å². The van der Waals surface area contributed by atoms with E-state index in [9.17, 15) is 0 Å². The molecule has 0 unspecified atom stereocenters. The van der Waals surface area contributed by atoms with Gasteiger partial charge in [0.05, 0.1) is 0 Å². The summed E-state index contributed by atoms with van der Waals surface area (Å²) in [6.07, 6.45) is 0.844. The number of hydrogen-bond donors (Lipinski definition) is 4. The number of nitrogens with one attached hydrogen (secondary N) is 2. The summed E-state index contributed by atoms with van der Waals surface area (Å²) >= 11 is 1.81. The molecule has 1 rings (SSSR count). The minimum absolute atomic E-state index is 0.257. The topological polar surface area (TPSA) is 96.1 Å². The lowest BCUT2D eigenvalue weighted by atomic mass is 10.2. The Kier molecular flexibility index (Phi) is 7.54. The summed E-state index contributed by atoms with van der Waals surface area (Å²) in [5.41, 5.74) is 2.56. The van der Waals surface area contributed by atoms with Gasteiger partial charge in [-0.05, 0) is 12.2 Å². The van der Waals surface area contributed by atoms with Gasteiger partial charge in [-0.25, -0.2) is 15.8 Å². The molecule has 5 N–H and O–H groups in total. The van der Waals surface area contributed by atoms with Crippen molar-refractivity contribution in [1.82, 2.24) is 9.97 Å². The fourth-order valence-corrected chi connectivity index (χ4v) is 2.19. The van der Waals surface area contributed by atoms with Crippen molar-refractivity contribution in [2.45, 2.75) is 26.2 Å². The molecule has 1 heterocycles. The standard InChI is InChI=1S/C12H23N5OS/c1-9(2)12-15-10(8-11(16-12)17-13)14-4-7-19-6-3-5-18/h8-9,18H,3-7,13H2,1-2H3,(H2,14,15,16,17). The minimum Gasteiger partial charge on any atom is -0.396 e. The fourth-order valence-electron chi connectivity index (χ4n) is 1.41. The average molecular weight is 285 g/mol.